The second-order valence-corrected chi connectivity index (χ2v) is 8.24. The lowest BCUT2D eigenvalue weighted by Crippen LogP contribution is -2.40. The molecule has 0 aliphatic heterocycles. The third kappa shape index (κ3) is 3.17. The Morgan fingerprint density at radius 3 is 2.25 bits per heavy atom. The molecule has 0 aliphatic carbocycles. The molecule has 0 radical (unpaired) electrons. The smallest absolute Gasteiger partial charge is 0.136 e. The Morgan fingerprint density at radius 2 is 1.65 bits per heavy atom. The van der Waals surface area contributed by atoms with Crippen LogP contribution in [0.4, 0.5) is 0 Å². The Balaban J connectivity index is 2.36. The van der Waals surface area contributed by atoms with Crippen molar-refractivity contribution in [3.63, 3.8) is 0 Å². The number of hydrogen-bond acceptors (Lipinski definition) is 2. The van der Waals surface area contributed by atoms with Gasteiger partial charge >= 0.3 is 0 Å². The second kappa shape index (κ2) is 5.76. The molecule has 0 fully saturated rings. The summed E-state index contributed by atoms with van der Waals surface area (Å²) in [5.74, 6) is 0. The maximum atomic E-state index is 12.3. The number of aryl methyl sites for hydroxylation is 1. The molecule has 2 nitrogen and oxygen atoms in total. The van der Waals surface area contributed by atoms with Crippen molar-refractivity contribution in [3.8, 4) is 0 Å². The van der Waals surface area contributed by atoms with Gasteiger partial charge in [-0.05, 0) is 56.5 Å². The average molecular weight is 289 g/mol. The van der Waals surface area contributed by atoms with E-state index in [0.717, 1.165) is 0 Å². The molecule has 0 saturated carbocycles. The van der Waals surface area contributed by atoms with Crippen molar-refractivity contribution in [2.24, 2.45) is 0 Å². The zero-order valence-electron chi connectivity index (χ0n) is 12.9. The molecule has 2 aromatic carbocycles. The maximum Gasteiger partial charge on any atom is 0.136 e. The number of hydrogen-bond donors (Lipinski definition) is 1. The van der Waals surface area contributed by atoms with Gasteiger partial charge in [-0.1, -0.05) is 36.4 Å². The Hall–Kier alpha value is -1.03. The van der Waals surface area contributed by atoms with Gasteiger partial charge in [0.1, 0.15) is 4.75 Å². The van der Waals surface area contributed by atoms with Gasteiger partial charge in [0.05, 0.1) is 6.04 Å². The number of nitrogens with one attached hydrogen (secondary N) is 1. The van der Waals surface area contributed by atoms with E-state index in [9.17, 15) is 4.55 Å². The summed E-state index contributed by atoms with van der Waals surface area (Å²) in [6.45, 7) is 10.1. The van der Waals surface area contributed by atoms with Crippen LogP contribution in [0.2, 0.25) is 0 Å². The summed E-state index contributed by atoms with van der Waals surface area (Å²) in [5.41, 5.74) is 2.47. The lowest BCUT2D eigenvalue weighted by Gasteiger charge is -2.27. The van der Waals surface area contributed by atoms with E-state index >= 15 is 0 Å². The molecule has 3 heteroatoms. The third-order valence-electron chi connectivity index (χ3n) is 3.48. The Bertz CT molecular complexity index is 603. The van der Waals surface area contributed by atoms with Crippen LogP contribution in [0.15, 0.2) is 36.4 Å². The Kier molecular flexibility index (Phi) is 4.43. The molecule has 1 N–H and O–H groups in total. The fraction of sp³-hybridized carbons (Fsp3) is 0.412. The van der Waals surface area contributed by atoms with Crippen LogP contribution in [0, 0.1) is 6.92 Å². The fourth-order valence-electron chi connectivity index (χ4n) is 2.25. The van der Waals surface area contributed by atoms with Crippen molar-refractivity contribution in [3.05, 3.63) is 47.5 Å². The van der Waals surface area contributed by atoms with Crippen LogP contribution in [0.1, 0.15) is 44.9 Å². The molecule has 2 rings (SSSR count). The highest BCUT2D eigenvalue weighted by Gasteiger charge is 2.28. The molecule has 0 heterocycles. The lowest BCUT2D eigenvalue weighted by molar-refractivity contribution is 0.532. The second-order valence-electron chi connectivity index (χ2n) is 6.24. The van der Waals surface area contributed by atoms with Gasteiger partial charge in [-0.25, -0.2) is 0 Å². The van der Waals surface area contributed by atoms with E-state index in [1.54, 1.807) is 0 Å². The van der Waals surface area contributed by atoms with Gasteiger partial charge in [0.2, 0.25) is 0 Å². The number of fused-ring (bicyclic) bond motifs is 1. The predicted octanol–water partition coefficient (Wildman–Crippen LogP) is 4.26. The highest BCUT2D eigenvalue weighted by atomic mass is 32.2. The van der Waals surface area contributed by atoms with Crippen molar-refractivity contribution in [1.82, 2.24) is 4.72 Å². The van der Waals surface area contributed by atoms with Gasteiger partial charge in [0.25, 0.3) is 0 Å². The van der Waals surface area contributed by atoms with Crippen LogP contribution >= 0.6 is 0 Å². The van der Waals surface area contributed by atoms with Crippen molar-refractivity contribution in [2.75, 3.05) is 0 Å². The molecule has 0 bridgehead atoms. The van der Waals surface area contributed by atoms with Crippen LogP contribution in [0.25, 0.3) is 10.8 Å². The molecular weight excluding hydrogens is 266 g/mol. The van der Waals surface area contributed by atoms with E-state index < -0.39 is 11.4 Å². The summed E-state index contributed by atoms with van der Waals surface area (Å²) in [6, 6.07) is 12.7. The Labute approximate surface area is 124 Å². The SMILES string of the molecule is Cc1ccc([C@@H](C)N[S+]([O-])C(C)(C)C)c2ccccc12. The highest BCUT2D eigenvalue weighted by Crippen LogP contribution is 2.28. The van der Waals surface area contributed by atoms with E-state index in [0.29, 0.717) is 0 Å². The first kappa shape index (κ1) is 15.4. The largest absolute Gasteiger partial charge is 0.598 e. The molecule has 0 aromatic heterocycles. The molecule has 108 valence electrons. The molecule has 20 heavy (non-hydrogen) atoms. The first-order valence-corrected chi connectivity index (χ1v) is 8.12. The van der Waals surface area contributed by atoms with Crippen LogP contribution in [0.5, 0.6) is 0 Å². The first-order valence-electron chi connectivity index (χ1n) is 6.97. The normalized spacial score (nSPS) is 15.3. The molecule has 0 spiro atoms. The van der Waals surface area contributed by atoms with Gasteiger partial charge in [0, 0.05) is 11.4 Å². The Morgan fingerprint density at radius 1 is 1.05 bits per heavy atom. The first-order chi connectivity index (χ1) is 9.30. The number of benzene rings is 2. The van der Waals surface area contributed by atoms with Gasteiger partial charge in [-0.2, -0.15) is 0 Å². The quantitative estimate of drug-likeness (QED) is 0.857. The zero-order valence-corrected chi connectivity index (χ0v) is 13.7. The van der Waals surface area contributed by atoms with Crippen LogP contribution < -0.4 is 4.72 Å². The summed E-state index contributed by atoms with van der Waals surface area (Å²) in [4.78, 5) is 0. The minimum atomic E-state index is -1.07. The van der Waals surface area contributed by atoms with E-state index in [2.05, 4.69) is 55.0 Å². The van der Waals surface area contributed by atoms with Gasteiger partial charge < -0.3 is 4.55 Å². The summed E-state index contributed by atoms with van der Waals surface area (Å²) in [5, 5.41) is 2.50. The van der Waals surface area contributed by atoms with Crippen LogP contribution in [-0.2, 0) is 11.4 Å². The van der Waals surface area contributed by atoms with Gasteiger partial charge in [-0.15, -0.1) is 4.72 Å². The molecule has 1 unspecified atom stereocenters. The molecule has 0 amide bonds. The summed E-state index contributed by atoms with van der Waals surface area (Å²) < 4.78 is 15.2. The summed E-state index contributed by atoms with van der Waals surface area (Å²) >= 11 is -1.07. The third-order valence-corrected chi connectivity index (χ3v) is 5.16. The monoisotopic (exact) mass is 289 g/mol. The summed E-state index contributed by atoms with van der Waals surface area (Å²) in [6.07, 6.45) is 0. The fourth-order valence-corrected chi connectivity index (χ4v) is 3.05. The number of rotatable bonds is 3. The van der Waals surface area contributed by atoms with Crippen LogP contribution in [0.3, 0.4) is 0 Å². The van der Waals surface area contributed by atoms with Gasteiger partial charge in [0.15, 0.2) is 0 Å². The molecule has 0 saturated heterocycles. The topological polar surface area (TPSA) is 35.1 Å². The van der Waals surface area contributed by atoms with Crippen LogP contribution in [-0.4, -0.2) is 9.30 Å². The van der Waals surface area contributed by atoms with E-state index in [1.165, 1.54) is 21.9 Å². The van der Waals surface area contributed by atoms with Crippen molar-refractivity contribution < 1.29 is 4.55 Å². The molecular formula is C17H23NOS. The van der Waals surface area contributed by atoms with Crippen molar-refractivity contribution >= 4 is 22.1 Å². The van der Waals surface area contributed by atoms with Crippen molar-refractivity contribution in [2.45, 2.75) is 45.4 Å². The highest BCUT2D eigenvalue weighted by molar-refractivity contribution is 7.90. The van der Waals surface area contributed by atoms with Gasteiger partial charge in [-0.3, -0.25) is 0 Å². The zero-order chi connectivity index (χ0) is 14.9. The summed E-state index contributed by atoms with van der Waals surface area (Å²) in [7, 11) is 0. The molecule has 2 aromatic rings. The minimum absolute atomic E-state index is 0.0561. The van der Waals surface area contributed by atoms with E-state index in [4.69, 9.17) is 0 Å². The molecule has 2 atom stereocenters. The average Bonchev–Trinajstić information content (AvgIpc) is 2.38. The van der Waals surface area contributed by atoms with E-state index in [-0.39, 0.29) is 10.8 Å². The predicted molar refractivity (Wildman–Crippen MR) is 88.1 cm³/mol. The lowest BCUT2D eigenvalue weighted by atomic mass is 9.97. The molecule has 0 aliphatic rings. The van der Waals surface area contributed by atoms with Crippen molar-refractivity contribution in [1.29, 1.82) is 0 Å². The van der Waals surface area contributed by atoms with E-state index in [1.807, 2.05) is 20.8 Å². The standard InChI is InChI=1S/C17H23NOS/c1-12-10-11-15(16-9-7-6-8-14(12)16)13(2)18-20(19)17(3,4)5/h6-11,13,18H,1-5H3/t13-,20?/m1/s1. The maximum absolute atomic E-state index is 12.3. The minimum Gasteiger partial charge on any atom is -0.598 e.